The summed E-state index contributed by atoms with van der Waals surface area (Å²) in [5.74, 6) is 0. The topological polar surface area (TPSA) is 75.6 Å². The van der Waals surface area contributed by atoms with E-state index in [1.807, 2.05) is 0 Å². The van der Waals surface area contributed by atoms with E-state index in [2.05, 4.69) is 10.1 Å². The number of ether oxygens (including phenoxy) is 1. The highest BCUT2D eigenvalue weighted by Crippen LogP contribution is 1.88. The Morgan fingerprint density at radius 3 is 2.55 bits per heavy atom. The predicted molar refractivity (Wildman–Crippen MR) is 37.1 cm³/mol. The third-order valence-electron chi connectivity index (χ3n) is 1.14. The third kappa shape index (κ3) is 3.57. The van der Waals surface area contributed by atoms with Gasteiger partial charge < -0.3 is 20.0 Å². The molecule has 0 spiro atoms. The van der Waals surface area contributed by atoms with Gasteiger partial charge in [-0.05, 0) is 6.92 Å². The lowest BCUT2D eigenvalue weighted by Crippen LogP contribution is -2.43. The van der Waals surface area contributed by atoms with Crippen molar-refractivity contribution in [1.29, 1.82) is 0 Å². The summed E-state index contributed by atoms with van der Waals surface area (Å²) >= 11 is 0. The highest BCUT2D eigenvalue weighted by molar-refractivity contribution is 5.73. The maximum Gasteiger partial charge on any atom is 0.407 e. The van der Waals surface area contributed by atoms with Crippen molar-refractivity contribution >= 4 is 12.4 Å². The molecule has 0 aromatic carbocycles. The van der Waals surface area contributed by atoms with Gasteiger partial charge in [0.2, 0.25) is 0 Å². The molecular formula is C6H11NO4. The second kappa shape index (κ2) is 4.68. The van der Waals surface area contributed by atoms with E-state index in [1.54, 1.807) is 0 Å². The molecule has 0 radical (unpaired) electrons. The van der Waals surface area contributed by atoms with Gasteiger partial charge >= 0.3 is 6.09 Å². The first-order chi connectivity index (χ1) is 5.11. The Balaban J connectivity index is 3.87. The zero-order valence-corrected chi connectivity index (χ0v) is 6.40. The number of aliphatic hydroxyl groups excluding tert-OH is 1. The minimum Gasteiger partial charge on any atom is -0.453 e. The molecule has 5 nitrogen and oxygen atoms in total. The SMILES string of the molecule is COC(=O)N[C@H](C=O)[C@H](C)O. The number of aldehydes is 1. The van der Waals surface area contributed by atoms with E-state index in [-0.39, 0.29) is 0 Å². The largest absolute Gasteiger partial charge is 0.453 e. The van der Waals surface area contributed by atoms with Crippen LogP contribution in [0.1, 0.15) is 6.92 Å². The Morgan fingerprint density at radius 2 is 2.27 bits per heavy atom. The molecule has 5 heteroatoms. The summed E-state index contributed by atoms with van der Waals surface area (Å²) in [7, 11) is 1.18. The summed E-state index contributed by atoms with van der Waals surface area (Å²) in [6, 6.07) is -0.901. The van der Waals surface area contributed by atoms with Gasteiger partial charge in [0, 0.05) is 0 Å². The number of hydrogen-bond acceptors (Lipinski definition) is 4. The Hall–Kier alpha value is -1.10. The lowest BCUT2D eigenvalue weighted by Gasteiger charge is -2.13. The average Bonchev–Trinajstić information content (AvgIpc) is 1.99. The Bertz CT molecular complexity index is 146. The molecule has 0 aromatic heterocycles. The van der Waals surface area contributed by atoms with Gasteiger partial charge in [-0.3, -0.25) is 0 Å². The van der Waals surface area contributed by atoms with Crippen LogP contribution in [0.2, 0.25) is 0 Å². The van der Waals surface area contributed by atoms with Crippen LogP contribution >= 0.6 is 0 Å². The molecule has 0 aliphatic heterocycles. The second-order valence-electron chi connectivity index (χ2n) is 2.04. The van der Waals surface area contributed by atoms with Crippen molar-refractivity contribution in [1.82, 2.24) is 5.32 Å². The van der Waals surface area contributed by atoms with Gasteiger partial charge in [-0.15, -0.1) is 0 Å². The van der Waals surface area contributed by atoms with Crippen LogP contribution in [0, 0.1) is 0 Å². The standard InChI is InChI=1S/C6H11NO4/c1-4(9)5(3-8)7-6(10)11-2/h3-5,9H,1-2H3,(H,7,10)/t4-,5+/m0/s1. The molecular weight excluding hydrogens is 150 g/mol. The summed E-state index contributed by atoms with van der Waals surface area (Å²) in [4.78, 5) is 20.6. The maximum absolute atomic E-state index is 10.5. The molecule has 2 N–H and O–H groups in total. The van der Waals surface area contributed by atoms with Crippen molar-refractivity contribution < 1.29 is 19.4 Å². The van der Waals surface area contributed by atoms with E-state index in [0.717, 1.165) is 0 Å². The van der Waals surface area contributed by atoms with Crippen molar-refractivity contribution in [3.8, 4) is 0 Å². The van der Waals surface area contributed by atoms with Crippen LogP contribution in [0.3, 0.4) is 0 Å². The van der Waals surface area contributed by atoms with Crippen molar-refractivity contribution in [2.24, 2.45) is 0 Å². The highest BCUT2D eigenvalue weighted by atomic mass is 16.5. The van der Waals surface area contributed by atoms with Crippen LogP contribution in [0.25, 0.3) is 0 Å². The van der Waals surface area contributed by atoms with Gasteiger partial charge in [-0.2, -0.15) is 0 Å². The molecule has 0 saturated heterocycles. The molecule has 0 heterocycles. The quantitative estimate of drug-likeness (QED) is 0.536. The molecule has 0 saturated carbocycles. The van der Waals surface area contributed by atoms with Gasteiger partial charge in [-0.1, -0.05) is 0 Å². The fourth-order valence-corrected chi connectivity index (χ4v) is 0.463. The molecule has 0 aliphatic rings. The molecule has 0 fully saturated rings. The number of hydrogen-bond donors (Lipinski definition) is 2. The van der Waals surface area contributed by atoms with Gasteiger partial charge in [-0.25, -0.2) is 4.79 Å². The summed E-state index contributed by atoms with van der Waals surface area (Å²) in [6.07, 6.45) is -1.20. The second-order valence-corrected chi connectivity index (χ2v) is 2.04. The van der Waals surface area contributed by atoms with E-state index in [4.69, 9.17) is 5.11 Å². The van der Waals surface area contributed by atoms with Crippen molar-refractivity contribution in [3.05, 3.63) is 0 Å². The van der Waals surface area contributed by atoms with E-state index >= 15 is 0 Å². The van der Waals surface area contributed by atoms with Gasteiger partial charge in [0.25, 0.3) is 0 Å². The summed E-state index contributed by atoms with van der Waals surface area (Å²) < 4.78 is 4.21. The fraction of sp³-hybridized carbons (Fsp3) is 0.667. The number of rotatable bonds is 3. The van der Waals surface area contributed by atoms with Gasteiger partial charge in [0.15, 0.2) is 0 Å². The monoisotopic (exact) mass is 161 g/mol. The molecule has 1 amide bonds. The number of aliphatic hydroxyl groups is 1. The number of carbonyl (C=O) groups is 2. The van der Waals surface area contributed by atoms with Crippen LogP contribution in [0.5, 0.6) is 0 Å². The zero-order chi connectivity index (χ0) is 8.85. The molecule has 0 rings (SSSR count). The van der Waals surface area contributed by atoms with Crippen LogP contribution in [-0.4, -0.2) is 36.7 Å². The van der Waals surface area contributed by atoms with Gasteiger partial charge in [0.05, 0.1) is 13.2 Å². The van der Waals surface area contributed by atoms with E-state index in [1.165, 1.54) is 14.0 Å². The molecule has 0 aromatic rings. The molecule has 0 aliphatic carbocycles. The first-order valence-corrected chi connectivity index (χ1v) is 3.09. The molecule has 0 unspecified atom stereocenters. The number of amides is 1. The molecule has 2 atom stereocenters. The predicted octanol–water partition coefficient (Wildman–Crippen LogP) is -0.709. The highest BCUT2D eigenvalue weighted by Gasteiger charge is 2.15. The Labute approximate surface area is 64.3 Å². The number of alkyl carbamates (subject to hydrolysis) is 1. The van der Waals surface area contributed by atoms with E-state index in [0.29, 0.717) is 6.29 Å². The molecule has 11 heavy (non-hydrogen) atoms. The van der Waals surface area contributed by atoms with Crippen LogP contribution in [0.4, 0.5) is 4.79 Å². The Morgan fingerprint density at radius 1 is 1.73 bits per heavy atom. The summed E-state index contributed by atoms with van der Waals surface area (Å²) in [5, 5.41) is 11.0. The summed E-state index contributed by atoms with van der Waals surface area (Å²) in [6.45, 7) is 1.40. The third-order valence-corrected chi connectivity index (χ3v) is 1.14. The molecule has 64 valence electrons. The minimum absolute atomic E-state index is 0.446. The first-order valence-electron chi connectivity index (χ1n) is 3.09. The van der Waals surface area contributed by atoms with Gasteiger partial charge in [0.1, 0.15) is 12.3 Å². The fourth-order valence-electron chi connectivity index (χ4n) is 0.463. The van der Waals surface area contributed by atoms with Crippen molar-refractivity contribution in [2.75, 3.05) is 7.11 Å². The minimum atomic E-state index is -0.911. The lowest BCUT2D eigenvalue weighted by molar-refractivity contribution is -0.111. The van der Waals surface area contributed by atoms with E-state index < -0.39 is 18.2 Å². The zero-order valence-electron chi connectivity index (χ0n) is 6.40. The average molecular weight is 161 g/mol. The first kappa shape index (κ1) is 9.90. The number of carbonyl (C=O) groups excluding carboxylic acids is 2. The van der Waals surface area contributed by atoms with Crippen LogP contribution in [-0.2, 0) is 9.53 Å². The Kier molecular flexibility index (Phi) is 4.21. The van der Waals surface area contributed by atoms with Crippen LogP contribution < -0.4 is 5.32 Å². The number of nitrogens with one attached hydrogen (secondary N) is 1. The molecule has 0 bridgehead atoms. The normalized spacial score (nSPS) is 14.8. The van der Waals surface area contributed by atoms with Crippen molar-refractivity contribution in [2.45, 2.75) is 19.1 Å². The lowest BCUT2D eigenvalue weighted by atomic mass is 10.2. The van der Waals surface area contributed by atoms with Crippen molar-refractivity contribution in [3.63, 3.8) is 0 Å². The summed E-state index contributed by atoms with van der Waals surface area (Å²) in [5.41, 5.74) is 0. The smallest absolute Gasteiger partial charge is 0.407 e. The van der Waals surface area contributed by atoms with Crippen LogP contribution in [0.15, 0.2) is 0 Å². The van der Waals surface area contributed by atoms with E-state index in [9.17, 15) is 9.59 Å². The number of methoxy groups -OCH3 is 1. The maximum atomic E-state index is 10.5.